The van der Waals surface area contributed by atoms with Crippen molar-refractivity contribution in [1.82, 2.24) is 14.9 Å². The second-order valence-corrected chi connectivity index (χ2v) is 6.59. The zero-order valence-electron chi connectivity index (χ0n) is 13.7. The molecule has 126 valence electrons. The summed E-state index contributed by atoms with van der Waals surface area (Å²) in [6, 6.07) is 1.82. The number of guanidine groups is 1. The van der Waals surface area contributed by atoms with Crippen LogP contribution in [0.2, 0.25) is 0 Å². The number of aliphatic hydroxyl groups is 1. The molecule has 1 aromatic heterocycles. The molecule has 2 fully saturated rings. The van der Waals surface area contributed by atoms with Gasteiger partial charge in [0.15, 0.2) is 5.96 Å². The van der Waals surface area contributed by atoms with Crippen molar-refractivity contribution in [3.63, 3.8) is 0 Å². The maximum absolute atomic E-state index is 10.6. The lowest BCUT2D eigenvalue weighted by atomic mass is 9.93. The predicted octanol–water partition coefficient (Wildman–Crippen LogP) is 0.464. The van der Waals surface area contributed by atoms with Crippen LogP contribution in [0.5, 0.6) is 0 Å². The van der Waals surface area contributed by atoms with E-state index in [0.717, 1.165) is 51.4 Å². The highest BCUT2D eigenvalue weighted by molar-refractivity contribution is 5.78. The summed E-state index contributed by atoms with van der Waals surface area (Å²) in [6.45, 7) is 5.73. The number of nitrogens with two attached hydrogens (primary N) is 1. The van der Waals surface area contributed by atoms with Crippen LogP contribution in [0.3, 0.4) is 0 Å². The van der Waals surface area contributed by atoms with Gasteiger partial charge in [0.1, 0.15) is 0 Å². The van der Waals surface area contributed by atoms with E-state index in [9.17, 15) is 5.11 Å². The summed E-state index contributed by atoms with van der Waals surface area (Å²) in [5, 5.41) is 10.6. The number of piperazine rings is 1. The number of aliphatic imine (C=N–C) groups is 1. The molecule has 1 saturated carbocycles. The molecule has 3 N–H and O–H groups in total. The highest BCUT2D eigenvalue weighted by Gasteiger charge is 2.38. The molecule has 1 aromatic rings. The fourth-order valence-corrected chi connectivity index (χ4v) is 3.37. The van der Waals surface area contributed by atoms with Crippen LogP contribution >= 0.6 is 0 Å². The van der Waals surface area contributed by atoms with Crippen molar-refractivity contribution in [2.45, 2.75) is 31.8 Å². The number of hydrogen-bond donors (Lipinski definition) is 2. The Morgan fingerprint density at radius 3 is 2.65 bits per heavy atom. The van der Waals surface area contributed by atoms with Gasteiger partial charge in [-0.2, -0.15) is 0 Å². The molecule has 0 spiro atoms. The number of anilines is 1. The van der Waals surface area contributed by atoms with Gasteiger partial charge in [-0.1, -0.05) is 13.3 Å². The third kappa shape index (κ3) is 3.55. The quantitative estimate of drug-likeness (QED) is 0.622. The summed E-state index contributed by atoms with van der Waals surface area (Å²) in [7, 11) is 0. The Kier molecular flexibility index (Phi) is 4.66. The zero-order valence-corrected chi connectivity index (χ0v) is 13.7. The zero-order chi connectivity index (χ0) is 16.3. The van der Waals surface area contributed by atoms with Crippen LogP contribution in [0.15, 0.2) is 23.5 Å². The van der Waals surface area contributed by atoms with Crippen LogP contribution in [-0.4, -0.2) is 64.3 Å². The Morgan fingerprint density at radius 2 is 2.04 bits per heavy atom. The minimum Gasteiger partial charge on any atom is -0.388 e. The number of nitrogens with zero attached hydrogens (tertiary/aromatic N) is 5. The van der Waals surface area contributed by atoms with Crippen LogP contribution < -0.4 is 10.6 Å². The molecule has 0 amide bonds. The summed E-state index contributed by atoms with van der Waals surface area (Å²) >= 11 is 0. The maximum atomic E-state index is 10.6. The molecule has 2 heterocycles. The van der Waals surface area contributed by atoms with Gasteiger partial charge in [0.05, 0.1) is 12.1 Å². The topological polar surface area (TPSA) is 90.9 Å². The van der Waals surface area contributed by atoms with Crippen molar-refractivity contribution in [3.05, 3.63) is 18.5 Å². The Balaban J connectivity index is 1.54. The van der Waals surface area contributed by atoms with Gasteiger partial charge < -0.3 is 20.6 Å². The molecule has 1 aliphatic carbocycles. The van der Waals surface area contributed by atoms with E-state index in [2.05, 4.69) is 31.7 Å². The highest BCUT2D eigenvalue weighted by Crippen LogP contribution is 2.35. The third-order valence-corrected chi connectivity index (χ3v) is 5.12. The fourth-order valence-electron chi connectivity index (χ4n) is 3.37. The molecule has 2 aliphatic rings. The minimum atomic E-state index is -0.676. The largest absolute Gasteiger partial charge is 0.388 e. The van der Waals surface area contributed by atoms with Gasteiger partial charge in [0, 0.05) is 38.6 Å². The first-order chi connectivity index (χ1) is 11.1. The molecule has 0 bridgehead atoms. The van der Waals surface area contributed by atoms with Crippen LogP contribution in [0.25, 0.3) is 0 Å². The first kappa shape index (κ1) is 16.0. The summed E-state index contributed by atoms with van der Waals surface area (Å²) in [5.74, 6) is 1.59. The van der Waals surface area contributed by atoms with E-state index in [1.807, 2.05) is 6.07 Å². The second kappa shape index (κ2) is 6.70. The lowest BCUT2D eigenvalue weighted by Gasteiger charge is -2.35. The molecular formula is C16H26N6O. The first-order valence-electron chi connectivity index (χ1n) is 8.38. The van der Waals surface area contributed by atoms with Gasteiger partial charge in [-0.3, -0.25) is 4.99 Å². The predicted molar refractivity (Wildman–Crippen MR) is 90.3 cm³/mol. The number of rotatable bonds is 3. The van der Waals surface area contributed by atoms with E-state index in [1.165, 1.54) is 0 Å². The second-order valence-electron chi connectivity index (χ2n) is 6.59. The summed E-state index contributed by atoms with van der Waals surface area (Å²) in [4.78, 5) is 17.3. The van der Waals surface area contributed by atoms with Gasteiger partial charge in [-0.05, 0) is 24.8 Å². The third-order valence-electron chi connectivity index (χ3n) is 5.12. The smallest absolute Gasteiger partial charge is 0.225 e. The fraction of sp³-hybridized carbons (Fsp3) is 0.688. The van der Waals surface area contributed by atoms with Crippen LogP contribution in [-0.2, 0) is 0 Å². The first-order valence-corrected chi connectivity index (χ1v) is 8.38. The van der Waals surface area contributed by atoms with E-state index in [1.54, 1.807) is 12.4 Å². The maximum Gasteiger partial charge on any atom is 0.225 e. The Labute approximate surface area is 137 Å². The van der Waals surface area contributed by atoms with Crippen molar-refractivity contribution < 1.29 is 5.11 Å². The number of hydrogen-bond acceptors (Lipinski definition) is 5. The molecule has 7 heteroatoms. The lowest BCUT2D eigenvalue weighted by molar-refractivity contribution is 0.0185. The minimum absolute atomic E-state index is 0.297. The monoisotopic (exact) mass is 318 g/mol. The van der Waals surface area contributed by atoms with Crippen LogP contribution in [0.1, 0.15) is 26.2 Å². The molecule has 2 atom stereocenters. The van der Waals surface area contributed by atoms with Crippen molar-refractivity contribution in [1.29, 1.82) is 0 Å². The van der Waals surface area contributed by atoms with Gasteiger partial charge in [-0.25, -0.2) is 9.97 Å². The van der Waals surface area contributed by atoms with Crippen LogP contribution in [0, 0.1) is 5.92 Å². The van der Waals surface area contributed by atoms with E-state index in [-0.39, 0.29) is 0 Å². The van der Waals surface area contributed by atoms with Crippen molar-refractivity contribution in [2.75, 3.05) is 37.6 Å². The average Bonchev–Trinajstić information content (AvgIpc) is 2.93. The lowest BCUT2D eigenvalue weighted by Crippen LogP contribution is -2.52. The molecule has 0 radical (unpaired) electrons. The standard InChI is InChI=1S/C16H26N6O/c1-13-4-2-5-16(13,23)12-20-14(17)21-8-10-22(11-9-21)15-18-6-3-7-19-15/h3,6-7,13,23H,2,4-5,8-12H2,1H3,(H2,17,20). The van der Waals surface area contributed by atoms with Gasteiger partial charge in [0.25, 0.3) is 0 Å². The van der Waals surface area contributed by atoms with E-state index in [4.69, 9.17) is 5.73 Å². The Hall–Kier alpha value is -1.89. The molecule has 23 heavy (non-hydrogen) atoms. The van der Waals surface area contributed by atoms with Crippen molar-refractivity contribution in [3.8, 4) is 0 Å². The van der Waals surface area contributed by atoms with Gasteiger partial charge >= 0.3 is 0 Å². The molecule has 1 saturated heterocycles. The average molecular weight is 318 g/mol. The summed E-state index contributed by atoms with van der Waals surface area (Å²) in [6.07, 6.45) is 6.48. The van der Waals surface area contributed by atoms with Gasteiger partial charge in [0.2, 0.25) is 5.95 Å². The molecule has 3 rings (SSSR count). The molecule has 7 nitrogen and oxygen atoms in total. The molecular weight excluding hydrogens is 292 g/mol. The van der Waals surface area contributed by atoms with Gasteiger partial charge in [-0.15, -0.1) is 0 Å². The molecule has 1 aliphatic heterocycles. The highest BCUT2D eigenvalue weighted by atomic mass is 16.3. The SMILES string of the molecule is CC1CCCC1(O)CN=C(N)N1CCN(c2ncccn2)CC1. The van der Waals surface area contributed by atoms with E-state index in [0.29, 0.717) is 18.4 Å². The van der Waals surface area contributed by atoms with Crippen molar-refractivity contribution >= 4 is 11.9 Å². The van der Waals surface area contributed by atoms with E-state index < -0.39 is 5.60 Å². The van der Waals surface area contributed by atoms with E-state index >= 15 is 0 Å². The summed E-state index contributed by atoms with van der Waals surface area (Å²) < 4.78 is 0. The normalized spacial score (nSPS) is 29.1. The Morgan fingerprint density at radius 1 is 1.35 bits per heavy atom. The summed E-state index contributed by atoms with van der Waals surface area (Å²) in [5.41, 5.74) is 5.45. The van der Waals surface area contributed by atoms with Crippen molar-refractivity contribution in [2.24, 2.45) is 16.6 Å². The molecule has 0 aromatic carbocycles. The molecule has 2 unspecified atom stereocenters. The van der Waals surface area contributed by atoms with Crippen LogP contribution in [0.4, 0.5) is 5.95 Å². The Bertz CT molecular complexity index is 543. The number of aromatic nitrogens is 2.